The van der Waals surface area contributed by atoms with Crippen molar-refractivity contribution in [3.63, 3.8) is 0 Å². The Morgan fingerprint density at radius 2 is 1.86 bits per heavy atom. The number of aryl methyl sites for hydroxylation is 1. The van der Waals surface area contributed by atoms with Crippen LogP contribution >= 0.6 is 0 Å². The maximum atomic E-state index is 14.3. The minimum Gasteiger partial charge on any atom is -0.503 e. The number of nitrogens with zero attached hydrogens (tertiary/aromatic N) is 2. The van der Waals surface area contributed by atoms with E-state index in [1.807, 2.05) is 19.1 Å². The zero-order chi connectivity index (χ0) is 25.4. The summed E-state index contributed by atoms with van der Waals surface area (Å²) in [6, 6.07) is 10.4. The van der Waals surface area contributed by atoms with Gasteiger partial charge in [-0.2, -0.15) is 0 Å². The van der Waals surface area contributed by atoms with Gasteiger partial charge in [0.2, 0.25) is 5.78 Å². The number of ketones is 1. The molecule has 2 amide bonds. The second kappa shape index (κ2) is 9.55. The Bertz CT molecular complexity index is 1230. The summed E-state index contributed by atoms with van der Waals surface area (Å²) in [5.74, 6) is -1.94. The number of furan rings is 1. The summed E-state index contributed by atoms with van der Waals surface area (Å²) in [5.41, 5.74) is -0.773. The SMILES string of the molecule is CCCN1C(=O)[C@]2(C(C(=O)c3ccc(C)o3)=C(O)C(=O)N2CCC[NH+]2CCOCC2)c2ccccc21. The van der Waals surface area contributed by atoms with Gasteiger partial charge < -0.3 is 29.0 Å². The molecule has 3 aliphatic rings. The quantitative estimate of drug-likeness (QED) is 0.538. The summed E-state index contributed by atoms with van der Waals surface area (Å²) in [6.45, 7) is 8.29. The van der Waals surface area contributed by atoms with Gasteiger partial charge in [0.05, 0.1) is 31.0 Å². The second-order valence-corrected chi connectivity index (χ2v) is 9.57. The minimum atomic E-state index is -1.73. The number of morpholine rings is 1. The lowest BCUT2D eigenvalue weighted by Gasteiger charge is -2.36. The highest BCUT2D eigenvalue weighted by molar-refractivity contribution is 6.25. The van der Waals surface area contributed by atoms with Gasteiger partial charge in [-0.25, -0.2) is 0 Å². The molecule has 0 bridgehead atoms. The summed E-state index contributed by atoms with van der Waals surface area (Å²) in [4.78, 5) is 46.0. The van der Waals surface area contributed by atoms with Crippen LogP contribution in [-0.2, 0) is 19.9 Å². The monoisotopic (exact) mass is 494 g/mol. The molecular formula is C27H32N3O6+. The molecule has 1 fully saturated rings. The van der Waals surface area contributed by atoms with E-state index in [1.54, 1.807) is 30.0 Å². The largest absolute Gasteiger partial charge is 0.503 e. The van der Waals surface area contributed by atoms with E-state index in [9.17, 15) is 19.5 Å². The van der Waals surface area contributed by atoms with Crippen LogP contribution in [0.15, 0.2) is 52.1 Å². The van der Waals surface area contributed by atoms with Crippen LogP contribution in [0.3, 0.4) is 0 Å². The van der Waals surface area contributed by atoms with E-state index >= 15 is 0 Å². The van der Waals surface area contributed by atoms with Crippen molar-refractivity contribution in [3.8, 4) is 0 Å². The molecule has 0 aliphatic carbocycles. The van der Waals surface area contributed by atoms with Crippen LogP contribution in [-0.4, -0.2) is 73.5 Å². The normalized spacial score (nSPS) is 22.3. The number of ether oxygens (including phenoxy) is 1. The zero-order valence-corrected chi connectivity index (χ0v) is 20.7. The van der Waals surface area contributed by atoms with Gasteiger partial charge >= 0.3 is 0 Å². The van der Waals surface area contributed by atoms with Crippen molar-refractivity contribution in [2.24, 2.45) is 0 Å². The van der Waals surface area contributed by atoms with Crippen LogP contribution < -0.4 is 9.80 Å². The Morgan fingerprint density at radius 3 is 2.56 bits per heavy atom. The molecule has 1 aromatic carbocycles. The predicted octanol–water partition coefficient (Wildman–Crippen LogP) is 1.38. The number of nitrogens with one attached hydrogen (secondary N) is 1. The molecule has 1 aromatic heterocycles. The van der Waals surface area contributed by atoms with Gasteiger partial charge in [-0.05, 0) is 31.5 Å². The van der Waals surface area contributed by atoms with Crippen LogP contribution in [0.1, 0.15) is 41.6 Å². The van der Waals surface area contributed by atoms with Crippen LogP contribution in [0.25, 0.3) is 0 Å². The highest BCUT2D eigenvalue weighted by Gasteiger charge is 2.65. The summed E-state index contributed by atoms with van der Waals surface area (Å²) in [5, 5.41) is 11.1. The summed E-state index contributed by atoms with van der Waals surface area (Å²) >= 11 is 0. The molecule has 0 unspecified atom stereocenters. The van der Waals surface area contributed by atoms with E-state index in [2.05, 4.69) is 0 Å². The van der Waals surface area contributed by atoms with Crippen molar-refractivity contribution in [3.05, 3.63) is 64.8 Å². The Hall–Kier alpha value is -3.43. The second-order valence-electron chi connectivity index (χ2n) is 9.57. The first kappa shape index (κ1) is 24.3. The van der Waals surface area contributed by atoms with E-state index in [0.717, 1.165) is 19.6 Å². The number of benzene rings is 1. The van der Waals surface area contributed by atoms with Crippen LogP contribution in [0.2, 0.25) is 0 Å². The van der Waals surface area contributed by atoms with E-state index < -0.39 is 28.9 Å². The molecule has 4 heterocycles. The Kier molecular flexibility index (Phi) is 6.44. The first-order valence-corrected chi connectivity index (χ1v) is 12.6. The third-order valence-electron chi connectivity index (χ3n) is 7.34. The lowest BCUT2D eigenvalue weighted by Crippen LogP contribution is -3.14. The summed E-state index contributed by atoms with van der Waals surface area (Å²) in [7, 11) is 0. The number of para-hydroxylation sites is 1. The molecule has 1 atom stereocenters. The number of aliphatic hydroxyl groups is 1. The van der Waals surface area contributed by atoms with E-state index in [1.165, 1.54) is 15.9 Å². The maximum absolute atomic E-state index is 14.3. The Morgan fingerprint density at radius 1 is 1.11 bits per heavy atom. The van der Waals surface area contributed by atoms with Gasteiger partial charge in [-0.3, -0.25) is 14.4 Å². The molecule has 9 nitrogen and oxygen atoms in total. The molecule has 190 valence electrons. The highest BCUT2D eigenvalue weighted by atomic mass is 16.5. The maximum Gasteiger partial charge on any atom is 0.290 e. The molecule has 3 aliphatic heterocycles. The van der Waals surface area contributed by atoms with E-state index in [0.29, 0.717) is 49.6 Å². The highest BCUT2D eigenvalue weighted by Crippen LogP contribution is 2.53. The molecule has 5 rings (SSSR count). The van der Waals surface area contributed by atoms with Crippen LogP contribution in [0.5, 0.6) is 0 Å². The number of fused-ring (bicyclic) bond motifs is 2. The number of anilines is 1. The fraction of sp³-hybridized carbons (Fsp3) is 0.444. The Labute approximate surface area is 209 Å². The van der Waals surface area contributed by atoms with E-state index in [4.69, 9.17) is 9.15 Å². The molecule has 9 heteroatoms. The molecule has 1 saturated heterocycles. The fourth-order valence-electron chi connectivity index (χ4n) is 5.69. The van der Waals surface area contributed by atoms with Crippen molar-refractivity contribution in [2.75, 3.05) is 50.8 Å². The number of quaternary nitrogens is 1. The van der Waals surface area contributed by atoms with Gasteiger partial charge in [-0.1, -0.05) is 25.1 Å². The molecule has 2 aromatic rings. The summed E-state index contributed by atoms with van der Waals surface area (Å²) in [6.07, 6.45) is 1.31. The van der Waals surface area contributed by atoms with Crippen LogP contribution in [0, 0.1) is 6.92 Å². The van der Waals surface area contributed by atoms with Crippen molar-refractivity contribution in [2.45, 2.75) is 32.2 Å². The van der Waals surface area contributed by atoms with Crippen molar-refractivity contribution >= 4 is 23.3 Å². The smallest absolute Gasteiger partial charge is 0.290 e. The average Bonchev–Trinajstić information content (AvgIpc) is 3.49. The zero-order valence-electron chi connectivity index (χ0n) is 20.7. The number of amides is 2. The number of carbonyl (C=O) groups is 3. The lowest BCUT2D eigenvalue weighted by molar-refractivity contribution is -0.908. The van der Waals surface area contributed by atoms with Crippen molar-refractivity contribution in [1.82, 2.24) is 4.90 Å². The molecular weight excluding hydrogens is 462 g/mol. The first-order valence-electron chi connectivity index (χ1n) is 12.6. The third kappa shape index (κ3) is 3.65. The van der Waals surface area contributed by atoms with Crippen molar-refractivity contribution < 1.29 is 33.5 Å². The first-order chi connectivity index (χ1) is 17.4. The van der Waals surface area contributed by atoms with Gasteiger partial charge in [0.1, 0.15) is 18.8 Å². The van der Waals surface area contributed by atoms with Gasteiger partial charge in [0, 0.05) is 25.1 Å². The number of aliphatic hydroxyl groups excluding tert-OH is 1. The third-order valence-corrected chi connectivity index (χ3v) is 7.34. The van der Waals surface area contributed by atoms with E-state index in [-0.39, 0.29) is 17.9 Å². The minimum absolute atomic E-state index is 0.0138. The standard InChI is InChI=1S/C27H31N3O6/c1-3-11-29-20-8-5-4-7-19(20)27(26(29)34)22(23(31)21-10-9-18(2)36-21)24(32)25(33)30(27)13-6-12-28-14-16-35-17-15-28/h4-5,7-10,32H,3,6,11-17H2,1-2H3/p+1/t27-/m1/s1. The number of rotatable bonds is 8. The molecule has 2 N–H and O–H groups in total. The molecule has 1 spiro atoms. The number of Topliss-reactive ketones (excluding diaryl/α,β-unsaturated/α-hetero) is 1. The van der Waals surface area contributed by atoms with Gasteiger partial charge in [-0.15, -0.1) is 0 Å². The average molecular weight is 495 g/mol. The van der Waals surface area contributed by atoms with Gasteiger partial charge in [0.25, 0.3) is 11.8 Å². The van der Waals surface area contributed by atoms with Crippen LogP contribution in [0.4, 0.5) is 5.69 Å². The van der Waals surface area contributed by atoms with Crippen molar-refractivity contribution in [1.29, 1.82) is 0 Å². The number of carbonyl (C=O) groups excluding carboxylic acids is 3. The Balaban J connectivity index is 1.60. The van der Waals surface area contributed by atoms with Gasteiger partial charge in [0.15, 0.2) is 17.1 Å². The molecule has 0 radical (unpaired) electrons. The lowest BCUT2D eigenvalue weighted by atomic mass is 9.81. The summed E-state index contributed by atoms with van der Waals surface area (Å²) < 4.78 is 11.0. The topological polar surface area (TPSA) is 105 Å². The number of hydrogen-bond donors (Lipinski definition) is 2. The predicted molar refractivity (Wildman–Crippen MR) is 131 cm³/mol. The fourth-order valence-corrected chi connectivity index (χ4v) is 5.69. The number of hydrogen-bond acceptors (Lipinski definition) is 6. The molecule has 0 saturated carbocycles. The molecule has 36 heavy (non-hydrogen) atoms.